The molecular formula is C11H14ClFN2O2. The molecule has 0 bridgehead atoms. The number of hydrogen-bond acceptors (Lipinski definition) is 3. The van der Waals surface area contributed by atoms with Gasteiger partial charge in [-0.05, 0) is 31.5 Å². The molecule has 6 heteroatoms. The van der Waals surface area contributed by atoms with E-state index in [-0.39, 0.29) is 24.1 Å². The number of nitro benzene ring substituents is 1. The van der Waals surface area contributed by atoms with Gasteiger partial charge in [-0.15, -0.1) is 12.4 Å². The third-order valence-electron chi connectivity index (χ3n) is 2.87. The largest absolute Gasteiger partial charge is 0.310 e. The summed E-state index contributed by atoms with van der Waals surface area (Å²) in [6, 6.07) is 3.54. The molecule has 0 saturated carbocycles. The molecule has 17 heavy (non-hydrogen) atoms. The molecule has 94 valence electrons. The zero-order valence-electron chi connectivity index (χ0n) is 9.19. The number of benzene rings is 1. The minimum absolute atomic E-state index is 0. The quantitative estimate of drug-likeness (QED) is 0.657. The summed E-state index contributed by atoms with van der Waals surface area (Å²) in [7, 11) is 0. The lowest BCUT2D eigenvalue weighted by Crippen LogP contribution is -2.27. The van der Waals surface area contributed by atoms with Crippen LogP contribution in [-0.2, 0) is 0 Å². The molecule has 2 rings (SSSR count). The van der Waals surface area contributed by atoms with Crippen LogP contribution < -0.4 is 5.32 Å². The predicted molar refractivity (Wildman–Crippen MR) is 64.9 cm³/mol. The molecule has 0 amide bonds. The maximum atomic E-state index is 13.1. The predicted octanol–water partition coefficient (Wildman–Crippen LogP) is 2.97. The molecule has 0 unspecified atom stereocenters. The highest BCUT2D eigenvalue weighted by Gasteiger charge is 2.23. The summed E-state index contributed by atoms with van der Waals surface area (Å²) in [6.07, 6.45) is 2.91. The van der Waals surface area contributed by atoms with Crippen LogP contribution >= 0.6 is 12.4 Å². The fourth-order valence-electron chi connectivity index (χ4n) is 2.09. The second-order valence-electron chi connectivity index (χ2n) is 3.96. The molecule has 1 fully saturated rings. The van der Waals surface area contributed by atoms with Crippen LogP contribution in [0.2, 0.25) is 0 Å². The first-order valence-corrected chi connectivity index (χ1v) is 5.35. The molecule has 1 saturated heterocycles. The molecule has 0 aliphatic carbocycles. The summed E-state index contributed by atoms with van der Waals surface area (Å²) < 4.78 is 13.1. The molecule has 1 N–H and O–H groups in total. The smallest absolute Gasteiger partial charge is 0.274 e. The topological polar surface area (TPSA) is 55.2 Å². The van der Waals surface area contributed by atoms with Crippen molar-refractivity contribution in [2.45, 2.75) is 25.3 Å². The Morgan fingerprint density at radius 3 is 2.76 bits per heavy atom. The standard InChI is InChI=1S/C11H13FN2O2.ClH/c12-8-4-5-11(14(15)16)9(7-8)10-3-1-2-6-13-10;/h4-5,7,10,13H,1-3,6H2;1H/t10-;/m0./s1. The second-order valence-corrected chi connectivity index (χ2v) is 3.96. The first-order valence-electron chi connectivity index (χ1n) is 5.35. The van der Waals surface area contributed by atoms with Crippen molar-refractivity contribution in [2.24, 2.45) is 0 Å². The van der Waals surface area contributed by atoms with Crippen LogP contribution in [0.4, 0.5) is 10.1 Å². The summed E-state index contributed by atoms with van der Waals surface area (Å²) >= 11 is 0. The number of rotatable bonds is 2. The van der Waals surface area contributed by atoms with Gasteiger partial charge in [-0.2, -0.15) is 0 Å². The summed E-state index contributed by atoms with van der Waals surface area (Å²) in [4.78, 5) is 10.4. The first kappa shape index (κ1) is 13.9. The van der Waals surface area contributed by atoms with Crippen molar-refractivity contribution in [1.29, 1.82) is 0 Å². The van der Waals surface area contributed by atoms with Crippen molar-refractivity contribution in [3.8, 4) is 0 Å². The Morgan fingerprint density at radius 2 is 2.18 bits per heavy atom. The Bertz CT molecular complexity index is 408. The summed E-state index contributed by atoms with van der Waals surface area (Å²) in [5.74, 6) is -0.423. The number of nitrogens with one attached hydrogen (secondary N) is 1. The Hall–Kier alpha value is -1.20. The van der Waals surface area contributed by atoms with Crippen LogP contribution in [0, 0.1) is 15.9 Å². The van der Waals surface area contributed by atoms with Gasteiger partial charge in [0.05, 0.1) is 4.92 Å². The van der Waals surface area contributed by atoms with Gasteiger partial charge in [-0.3, -0.25) is 10.1 Å². The lowest BCUT2D eigenvalue weighted by Gasteiger charge is -2.23. The van der Waals surface area contributed by atoms with Crippen molar-refractivity contribution in [2.75, 3.05) is 6.54 Å². The van der Waals surface area contributed by atoms with Gasteiger partial charge in [0.2, 0.25) is 0 Å². The fourth-order valence-corrected chi connectivity index (χ4v) is 2.09. The summed E-state index contributed by atoms with van der Waals surface area (Å²) in [6.45, 7) is 0.832. The van der Waals surface area contributed by atoms with Gasteiger partial charge < -0.3 is 5.32 Å². The highest BCUT2D eigenvalue weighted by atomic mass is 35.5. The van der Waals surface area contributed by atoms with E-state index in [1.165, 1.54) is 12.1 Å². The van der Waals surface area contributed by atoms with Gasteiger partial charge >= 0.3 is 0 Å². The van der Waals surface area contributed by atoms with Crippen LogP contribution in [0.25, 0.3) is 0 Å². The normalized spacial score (nSPS) is 19.5. The van der Waals surface area contributed by atoms with E-state index in [0.29, 0.717) is 5.56 Å². The van der Waals surface area contributed by atoms with E-state index in [1.807, 2.05) is 0 Å². The Labute approximate surface area is 105 Å². The van der Waals surface area contributed by atoms with E-state index in [2.05, 4.69) is 5.32 Å². The average Bonchev–Trinajstić information content (AvgIpc) is 2.29. The van der Waals surface area contributed by atoms with Crippen molar-refractivity contribution in [1.82, 2.24) is 5.32 Å². The molecule has 1 aliphatic rings. The van der Waals surface area contributed by atoms with E-state index >= 15 is 0 Å². The van der Waals surface area contributed by atoms with Crippen molar-refractivity contribution in [3.63, 3.8) is 0 Å². The number of piperidine rings is 1. The third kappa shape index (κ3) is 3.14. The van der Waals surface area contributed by atoms with E-state index in [0.717, 1.165) is 31.9 Å². The monoisotopic (exact) mass is 260 g/mol. The molecule has 0 spiro atoms. The van der Waals surface area contributed by atoms with Gasteiger partial charge in [0.1, 0.15) is 5.82 Å². The van der Waals surface area contributed by atoms with E-state index in [9.17, 15) is 14.5 Å². The van der Waals surface area contributed by atoms with Gasteiger partial charge in [-0.25, -0.2) is 4.39 Å². The number of nitrogens with zero attached hydrogens (tertiary/aromatic N) is 1. The summed E-state index contributed by atoms with van der Waals surface area (Å²) in [5.41, 5.74) is 0.463. The van der Waals surface area contributed by atoms with Gasteiger partial charge in [0.25, 0.3) is 5.69 Å². The number of hydrogen-bond donors (Lipinski definition) is 1. The average molecular weight is 261 g/mol. The zero-order chi connectivity index (χ0) is 11.5. The second kappa shape index (κ2) is 5.93. The van der Waals surface area contributed by atoms with Gasteiger partial charge in [0, 0.05) is 17.7 Å². The minimum Gasteiger partial charge on any atom is -0.310 e. The van der Waals surface area contributed by atoms with Crippen LogP contribution in [0.3, 0.4) is 0 Å². The van der Waals surface area contributed by atoms with Crippen LogP contribution in [0.1, 0.15) is 30.9 Å². The maximum Gasteiger partial charge on any atom is 0.274 e. The molecule has 1 heterocycles. The van der Waals surface area contributed by atoms with Gasteiger partial charge in [0.15, 0.2) is 0 Å². The highest BCUT2D eigenvalue weighted by Crippen LogP contribution is 2.30. The van der Waals surface area contributed by atoms with E-state index in [1.54, 1.807) is 0 Å². The molecular weight excluding hydrogens is 247 g/mol. The van der Waals surface area contributed by atoms with E-state index in [4.69, 9.17) is 0 Å². The molecule has 4 nitrogen and oxygen atoms in total. The minimum atomic E-state index is -0.453. The first-order chi connectivity index (χ1) is 7.68. The van der Waals surface area contributed by atoms with E-state index < -0.39 is 10.7 Å². The van der Waals surface area contributed by atoms with Crippen LogP contribution in [-0.4, -0.2) is 11.5 Å². The fraction of sp³-hybridized carbons (Fsp3) is 0.455. The highest BCUT2D eigenvalue weighted by molar-refractivity contribution is 5.85. The van der Waals surface area contributed by atoms with Gasteiger partial charge in [-0.1, -0.05) is 6.42 Å². The third-order valence-corrected chi connectivity index (χ3v) is 2.87. The van der Waals surface area contributed by atoms with Crippen molar-refractivity contribution in [3.05, 3.63) is 39.7 Å². The Morgan fingerprint density at radius 1 is 1.41 bits per heavy atom. The molecule has 1 atom stereocenters. The molecule has 1 aromatic carbocycles. The lowest BCUT2D eigenvalue weighted by atomic mass is 9.96. The molecule has 1 aliphatic heterocycles. The maximum absolute atomic E-state index is 13.1. The zero-order valence-corrected chi connectivity index (χ0v) is 10.0. The SMILES string of the molecule is Cl.O=[N+]([O-])c1ccc(F)cc1[C@@H]1CCCCN1. The lowest BCUT2D eigenvalue weighted by molar-refractivity contribution is -0.385. The van der Waals surface area contributed by atoms with Crippen LogP contribution in [0.5, 0.6) is 0 Å². The molecule has 0 aromatic heterocycles. The van der Waals surface area contributed by atoms with Crippen LogP contribution in [0.15, 0.2) is 18.2 Å². The molecule has 0 radical (unpaired) electrons. The number of halogens is 2. The van der Waals surface area contributed by atoms with Crippen molar-refractivity contribution < 1.29 is 9.31 Å². The summed E-state index contributed by atoms with van der Waals surface area (Å²) in [5, 5.41) is 14.0. The Kier molecular flexibility index (Phi) is 4.84. The Balaban J connectivity index is 0.00000144. The van der Waals surface area contributed by atoms with Crippen molar-refractivity contribution >= 4 is 18.1 Å². The molecule has 1 aromatic rings. The number of nitro groups is 1.